The fourth-order valence-electron chi connectivity index (χ4n) is 6.61. The number of carbonyl (C=O) groups is 1. The van der Waals surface area contributed by atoms with Gasteiger partial charge in [0.2, 0.25) is 0 Å². The Bertz CT molecular complexity index is 1100. The van der Waals surface area contributed by atoms with E-state index in [0.29, 0.717) is 23.1 Å². The van der Waals surface area contributed by atoms with E-state index >= 15 is 0 Å². The minimum atomic E-state index is 0.0263. The second-order valence-electron chi connectivity index (χ2n) is 10.9. The average molecular weight is 459 g/mol. The van der Waals surface area contributed by atoms with Gasteiger partial charge in [0, 0.05) is 37.7 Å². The second kappa shape index (κ2) is 8.45. The Balaban J connectivity index is 1.08. The third-order valence-electron chi connectivity index (χ3n) is 8.85. The van der Waals surface area contributed by atoms with E-state index < -0.39 is 0 Å². The van der Waals surface area contributed by atoms with Crippen LogP contribution in [-0.2, 0) is 10.2 Å². The Labute approximate surface area is 201 Å². The summed E-state index contributed by atoms with van der Waals surface area (Å²) in [5, 5.41) is 14.6. The molecule has 6 rings (SSSR count). The zero-order valence-corrected chi connectivity index (χ0v) is 20.2. The van der Waals surface area contributed by atoms with Crippen molar-refractivity contribution in [2.45, 2.75) is 50.9 Å². The summed E-state index contributed by atoms with van der Waals surface area (Å²) in [6.45, 7) is 9.29. The van der Waals surface area contributed by atoms with E-state index in [1.807, 2.05) is 0 Å². The van der Waals surface area contributed by atoms with E-state index in [1.165, 1.54) is 31.4 Å². The number of likely N-dealkylation sites (tertiary alicyclic amines) is 2. The van der Waals surface area contributed by atoms with Gasteiger partial charge in [-0.2, -0.15) is 5.21 Å². The summed E-state index contributed by atoms with van der Waals surface area (Å²) in [6.07, 6.45) is 6.88. The summed E-state index contributed by atoms with van der Waals surface area (Å²) in [6, 6.07) is 11.1. The van der Waals surface area contributed by atoms with E-state index in [-0.39, 0.29) is 11.8 Å². The molecule has 7 nitrogen and oxygen atoms in total. The van der Waals surface area contributed by atoms with Crippen molar-refractivity contribution in [3.05, 3.63) is 64.5 Å². The molecule has 1 saturated carbocycles. The highest BCUT2D eigenvalue weighted by Crippen LogP contribution is 2.51. The van der Waals surface area contributed by atoms with Crippen LogP contribution in [0.2, 0.25) is 0 Å². The number of carbonyl (C=O) groups excluding carboxylic acids is 1. The van der Waals surface area contributed by atoms with Gasteiger partial charge in [-0.25, -0.2) is 0 Å². The number of fused-ring (bicyclic) bond motifs is 1. The van der Waals surface area contributed by atoms with Gasteiger partial charge in [-0.3, -0.25) is 4.79 Å². The van der Waals surface area contributed by atoms with Gasteiger partial charge in [0.15, 0.2) is 5.82 Å². The van der Waals surface area contributed by atoms with Crippen LogP contribution in [-0.4, -0.2) is 69.1 Å². The van der Waals surface area contributed by atoms with Crippen molar-refractivity contribution in [3.8, 4) is 0 Å². The Kier molecular flexibility index (Phi) is 5.40. The normalized spacial score (nSPS) is 28.2. The minimum Gasteiger partial charge on any atom is -0.338 e. The molecule has 2 aromatic rings. The largest absolute Gasteiger partial charge is 0.338 e. The molecule has 2 aliphatic heterocycles. The molecule has 3 heterocycles. The van der Waals surface area contributed by atoms with Crippen LogP contribution in [0.1, 0.15) is 56.8 Å². The Morgan fingerprint density at radius 1 is 1.09 bits per heavy atom. The maximum absolute atomic E-state index is 13.6. The lowest BCUT2D eigenvalue weighted by Crippen LogP contribution is -2.36. The number of hydrogen-bond acceptors (Lipinski definition) is 5. The molecule has 1 N–H and O–H groups in total. The van der Waals surface area contributed by atoms with Gasteiger partial charge in [0.1, 0.15) is 0 Å². The monoisotopic (exact) mass is 458 g/mol. The number of allylic oxidation sites excluding steroid dienone is 2. The summed E-state index contributed by atoms with van der Waals surface area (Å²) in [5.41, 5.74) is 4.95. The number of amides is 1. The third kappa shape index (κ3) is 3.80. The van der Waals surface area contributed by atoms with Gasteiger partial charge in [-0.05, 0) is 80.0 Å². The van der Waals surface area contributed by atoms with Crippen molar-refractivity contribution in [3.63, 3.8) is 0 Å². The van der Waals surface area contributed by atoms with Crippen LogP contribution < -0.4 is 0 Å². The van der Waals surface area contributed by atoms with Crippen molar-refractivity contribution in [2.24, 2.45) is 11.8 Å². The van der Waals surface area contributed by atoms with Crippen LogP contribution in [0.25, 0.3) is 0 Å². The molecule has 2 aliphatic carbocycles. The lowest BCUT2D eigenvalue weighted by Gasteiger charge is -2.28. The SMILES string of the molecule is CC1=CCC(c2nn[nH]n2)C(C)=C1C(=O)N1CC2CN(CCC3(c4ccccc4)CC3)CC2C1. The molecule has 4 aliphatic rings. The van der Waals surface area contributed by atoms with E-state index in [2.05, 4.69) is 80.7 Å². The first-order valence-electron chi connectivity index (χ1n) is 12.7. The number of H-pyrrole nitrogens is 1. The first-order valence-corrected chi connectivity index (χ1v) is 12.7. The molecule has 3 atom stereocenters. The predicted octanol–water partition coefficient (Wildman–Crippen LogP) is 3.46. The highest BCUT2D eigenvalue weighted by molar-refractivity contribution is 5.99. The van der Waals surface area contributed by atoms with Crippen LogP contribution in [0.3, 0.4) is 0 Å². The van der Waals surface area contributed by atoms with Gasteiger partial charge < -0.3 is 9.80 Å². The van der Waals surface area contributed by atoms with Gasteiger partial charge >= 0.3 is 0 Å². The maximum Gasteiger partial charge on any atom is 0.254 e. The molecule has 0 radical (unpaired) electrons. The van der Waals surface area contributed by atoms with Crippen molar-refractivity contribution in [1.29, 1.82) is 0 Å². The fraction of sp³-hybridized carbons (Fsp3) is 0.556. The summed E-state index contributed by atoms with van der Waals surface area (Å²) >= 11 is 0. The molecule has 1 amide bonds. The maximum atomic E-state index is 13.6. The summed E-state index contributed by atoms with van der Waals surface area (Å²) < 4.78 is 0. The van der Waals surface area contributed by atoms with Crippen LogP contribution in [0.5, 0.6) is 0 Å². The molecule has 178 valence electrons. The average Bonchev–Trinajstić information content (AvgIpc) is 3.16. The number of tetrazole rings is 1. The van der Waals surface area contributed by atoms with Crippen molar-refractivity contribution >= 4 is 5.91 Å². The standard InChI is InChI=1S/C27H34N6O/c1-18-8-9-23(25-28-30-31-29-25)19(2)24(18)26(34)33-16-20-14-32(15-21(20)17-33)13-12-27(10-11-27)22-6-4-3-5-7-22/h3-8,20-21,23H,9-17H2,1-2H3,(H,28,29,30,31). The number of nitrogens with one attached hydrogen (secondary N) is 1. The highest BCUT2D eigenvalue weighted by Gasteiger charge is 2.46. The Hall–Kier alpha value is -2.80. The molecular weight excluding hydrogens is 424 g/mol. The molecule has 2 saturated heterocycles. The van der Waals surface area contributed by atoms with Gasteiger partial charge in [0.05, 0.1) is 0 Å². The van der Waals surface area contributed by atoms with Crippen LogP contribution in [0.4, 0.5) is 0 Å². The van der Waals surface area contributed by atoms with Crippen molar-refractivity contribution < 1.29 is 4.79 Å². The topological polar surface area (TPSA) is 78.0 Å². The molecule has 0 bridgehead atoms. The lowest BCUT2D eigenvalue weighted by molar-refractivity contribution is -0.126. The Morgan fingerprint density at radius 3 is 2.47 bits per heavy atom. The predicted molar refractivity (Wildman–Crippen MR) is 130 cm³/mol. The number of aromatic nitrogens is 4. The van der Waals surface area contributed by atoms with Gasteiger partial charge in [0.25, 0.3) is 5.91 Å². The van der Waals surface area contributed by atoms with E-state index in [0.717, 1.165) is 49.3 Å². The first-order chi connectivity index (χ1) is 16.5. The zero-order chi connectivity index (χ0) is 23.3. The summed E-state index contributed by atoms with van der Waals surface area (Å²) in [4.78, 5) is 18.4. The van der Waals surface area contributed by atoms with Crippen LogP contribution in [0.15, 0.2) is 53.1 Å². The zero-order valence-electron chi connectivity index (χ0n) is 20.2. The summed E-state index contributed by atoms with van der Waals surface area (Å²) in [7, 11) is 0. The lowest BCUT2D eigenvalue weighted by atomic mass is 9.83. The number of benzene rings is 1. The number of hydrogen-bond donors (Lipinski definition) is 1. The van der Waals surface area contributed by atoms with Crippen LogP contribution >= 0.6 is 0 Å². The molecule has 34 heavy (non-hydrogen) atoms. The fourth-order valence-corrected chi connectivity index (χ4v) is 6.61. The van der Waals surface area contributed by atoms with Crippen molar-refractivity contribution in [1.82, 2.24) is 30.4 Å². The number of rotatable bonds is 6. The molecular formula is C27H34N6O. The quantitative estimate of drug-likeness (QED) is 0.717. The molecule has 3 unspecified atom stereocenters. The summed E-state index contributed by atoms with van der Waals surface area (Å²) in [5.74, 6) is 2.07. The van der Waals surface area contributed by atoms with E-state index in [1.54, 1.807) is 0 Å². The number of nitrogens with zero attached hydrogens (tertiary/aromatic N) is 5. The molecule has 7 heteroatoms. The smallest absolute Gasteiger partial charge is 0.254 e. The van der Waals surface area contributed by atoms with Gasteiger partial charge in [-0.1, -0.05) is 41.6 Å². The van der Waals surface area contributed by atoms with Crippen LogP contribution in [0, 0.1) is 11.8 Å². The molecule has 0 spiro atoms. The first kappa shape index (κ1) is 21.7. The van der Waals surface area contributed by atoms with E-state index in [4.69, 9.17) is 0 Å². The highest BCUT2D eigenvalue weighted by atomic mass is 16.2. The van der Waals surface area contributed by atoms with Crippen molar-refractivity contribution in [2.75, 3.05) is 32.7 Å². The van der Waals surface area contributed by atoms with Gasteiger partial charge in [-0.15, -0.1) is 10.2 Å². The second-order valence-corrected chi connectivity index (χ2v) is 10.9. The molecule has 1 aromatic heterocycles. The van der Waals surface area contributed by atoms with E-state index in [9.17, 15) is 4.79 Å². The molecule has 1 aromatic carbocycles. The third-order valence-corrected chi connectivity index (χ3v) is 8.85. The Morgan fingerprint density at radius 2 is 1.82 bits per heavy atom. The minimum absolute atomic E-state index is 0.0263. The number of aromatic amines is 1. The molecule has 3 fully saturated rings.